The summed E-state index contributed by atoms with van der Waals surface area (Å²) in [4.78, 5) is 0. The number of aryl methyl sites for hydroxylation is 1. The molecule has 1 aromatic rings. The van der Waals surface area contributed by atoms with Gasteiger partial charge in [0.25, 0.3) is 0 Å². The van der Waals surface area contributed by atoms with Gasteiger partial charge in [-0.3, -0.25) is 0 Å². The van der Waals surface area contributed by atoms with Gasteiger partial charge < -0.3 is 4.74 Å². The predicted octanol–water partition coefficient (Wildman–Crippen LogP) is 3.79. The standard InChI is InChI=1S/C13H18OS2/c1-2-6-12(7-3-1)8-4-9-14-13-15-10-5-11-16-13/h1-3,6-7,13H,4-5,8-11H2. The molecule has 0 aromatic heterocycles. The molecule has 1 aliphatic rings. The molecule has 0 unspecified atom stereocenters. The molecule has 0 saturated carbocycles. The summed E-state index contributed by atoms with van der Waals surface area (Å²) in [6.45, 7) is 0.888. The van der Waals surface area contributed by atoms with E-state index in [0.717, 1.165) is 19.4 Å². The maximum absolute atomic E-state index is 5.83. The molecule has 2 rings (SSSR count). The van der Waals surface area contributed by atoms with Crippen LogP contribution < -0.4 is 0 Å². The molecule has 1 fully saturated rings. The first-order valence-electron chi connectivity index (χ1n) is 5.84. The zero-order valence-electron chi connectivity index (χ0n) is 9.43. The number of ether oxygens (including phenoxy) is 1. The lowest BCUT2D eigenvalue weighted by molar-refractivity contribution is 0.159. The van der Waals surface area contributed by atoms with Crippen molar-refractivity contribution in [1.29, 1.82) is 0 Å². The van der Waals surface area contributed by atoms with Crippen molar-refractivity contribution in [3.05, 3.63) is 35.9 Å². The quantitative estimate of drug-likeness (QED) is 0.740. The molecule has 1 heterocycles. The van der Waals surface area contributed by atoms with Gasteiger partial charge in [-0.25, -0.2) is 0 Å². The van der Waals surface area contributed by atoms with E-state index < -0.39 is 0 Å². The summed E-state index contributed by atoms with van der Waals surface area (Å²) in [5.41, 5.74) is 1.41. The van der Waals surface area contributed by atoms with Gasteiger partial charge in [-0.1, -0.05) is 30.3 Å². The first-order valence-corrected chi connectivity index (χ1v) is 7.93. The van der Waals surface area contributed by atoms with E-state index in [9.17, 15) is 0 Å². The number of hydrogen-bond acceptors (Lipinski definition) is 3. The Bertz CT molecular complexity index is 283. The van der Waals surface area contributed by atoms with Crippen molar-refractivity contribution in [1.82, 2.24) is 0 Å². The van der Waals surface area contributed by atoms with E-state index in [4.69, 9.17) is 4.74 Å². The molecule has 16 heavy (non-hydrogen) atoms. The lowest BCUT2D eigenvalue weighted by Gasteiger charge is -2.20. The number of benzene rings is 1. The van der Waals surface area contributed by atoms with E-state index >= 15 is 0 Å². The summed E-state index contributed by atoms with van der Waals surface area (Å²) in [6.07, 6.45) is 3.59. The average Bonchev–Trinajstić information content (AvgIpc) is 2.37. The van der Waals surface area contributed by atoms with E-state index in [1.807, 2.05) is 23.5 Å². The molecule has 1 nitrogen and oxygen atoms in total. The molecular formula is C13H18OS2. The third-order valence-corrected chi connectivity index (χ3v) is 5.18. The second-order valence-electron chi connectivity index (χ2n) is 3.84. The molecule has 0 aliphatic carbocycles. The highest BCUT2D eigenvalue weighted by molar-refractivity contribution is 8.17. The van der Waals surface area contributed by atoms with Crippen LogP contribution in [0.5, 0.6) is 0 Å². The van der Waals surface area contributed by atoms with Gasteiger partial charge >= 0.3 is 0 Å². The van der Waals surface area contributed by atoms with Crippen molar-refractivity contribution >= 4 is 23.5 Å². The van der Waals surface area contributed by atoms with Crippen molar-refractivity contribution in [3.63, 3.8) is 0 Å². The second kappa shape index (κ2) is 7.25. The summed E-state index contributed by atoms with van der Waals surface area (Å²) in [5, 5.41) is 0. The van der Waals surface area contributed by atoms with Crippen LogP contribution in [0.15, 0.2) is 30.3 Å². The molecule has 0 radical (unpaired) electrons. The molecule has 1 aromatic carbocycles. The SMILES string of the molecule is c1ccc(CCCOC2SCCCS2)cc1. The number of hydrogen-bond donors (Lipinski definition) is 0. The van der Waals surface area contributed by atoms with Crippen molar-refractivity contribution in [2.45, 2.75) is 24.0 Å². The minimum atomic E-state index is 0.393. The van der Waals surface area contributed by atoms with Crippen molar-refractivity contribution in [2.24, 2.45) is 0 Å². The molecule has 1 aliphatic heterocycles. The predicted molar refractivity (Wildman–Crippen MR) is 74.0 cm³/mol. The third-order valence-electron chi connectivity index (χ3n) is 2.50. The Labute approximate surface area is 106 Å². The molecule has 3 heteroatoms. The summed E-state index contributed by atoms with van der Waals surface area (Å²) in [5.74, 6) is 2.52. The minimum absolute atomic E-state index is 0.393. The Morgan fingerprint density at radius 3 is 2.62 bits per heavy atom. The normalized spacial score (nSPS) is 17.5. The summed E-state index contributed by atoms with van der Waals surface area (Å²) >= 11 is 3.90. The largest absolute Gasteiger partial charge is 0.358 e. The average molecular weight is 254 g/mol. The second-order valence-corrected chi connectivity index (χ2v) is 6.48. The summed E-state index contributed by atoms with van der Waals surface area (Å²) in [7, 11) is 0. The zero-order valence-corrected chi connectivity index (χ0v) is 11.1. The smallest absolute Gasteiger partial charge is 0.149 e. The monoisotopic (exact) mass is 254 g/mol. The lowest BCUT2D eigenvalue weighted by atomic mass is 10.1. The van der Waals surface area contributed by atoms with Gasteiger partial charge in [0.05, 0.1) is 0 Å². The van der Waals surface area contributed by atoms with Crippen molar-refractivity contribution in [2.75, 3.05) is 18.1 Å². The van der Waals surface area contributed by atoms with Crippen LogP contribution in [0.25, 0.3) is 0 Å². The van der Waals surface area contributed by atoms with Gasteiger partial charge in [0, 0.05) is 6.61 Å². The lowest BCUT2D eigenvalue weighted by Crippen LogP contribution is -2.11. The first-order chi connectivity index (χ1) is 7.95. The fourth-order valence-corrected chi connectivity index (χ4v) is 4.20. The Morgan fingerprint density at radius 1 is 1.12 bits per heavy atom. The van der Waals surface area contributed by atoms with Crippen molar-refractivity contribution < 1.29 is 4.74 Å². The molecule has 0 amide bonds. The third kappa shape index (κ3) is 4.40. The maximum Gasteiger partial charge on any atom is 0.149 e. The topological polar surface area (TPSA) is 9.23 Å². The van der Waals surface area contributed by atoms with Crippen LogP contribution in [0.2, 0.25) is 0 Å². The van der Waals surface area contributed by atoms with Crippen LogP contribution in [0.3, 0.4) is 0 Å². The fraction of sp³-hybridized carbons (Fsp3) is 0.538. The molecule has 0 bridgehead atoms. The van der Waals surface area contributed by atoms with Crippen molar-refractivity contribution in [3.8, 4) is 0 Å². The van der Waals surface area contributed by atoms with Gasteiger partial charge in [0.15, 0.2) is 0 Å². The van der Waals surface area contributed by atoms with E-state index in [0.29, 0.717) is 4.77 Å². The van der Waals surface area contributed by atoms with Crippen LogP contribution in [0.4, 0.5) is 0 Å². The molecule has 1 saturated heterocycles. The number of rotatable bonds is 5. The molecule has 88 valence electrons. The van der Waals surface area contributed by atoms with E-state index in [1.165, 1.54) is 23.5 Å². The van der Waals surface area contributed by atoms with Gasteiger partial charge in [-0.2, -0.15) is 0 Å². The Morgan fingerprint density at radius 2 is 1.88 bits per heavy atom. The highest BCUT2D eigenvalue weighted by Gasteiger charge is 2.13. The van der Waals surface area contributed by atoms with Crippen LogP contribution >= 0.6 is 23.5 Å². The Balaban J connectivity index is 1.58. The Kier molecular flexibility index (Phi) is 5.59. The van der Waals surface area contributed by atoms with E-state index in [2.05, 4.69) is 30.3 Å². The first kappa shape index (κ1) is 12.3. The minimum Gasteiger partial charge on any atom is -0.358 e. The fourth-order valence-electron chi connectivity index (χ4n) is 1.66. The molecular weight excluding hydrogens is 236 g/mol. The number of thioether (sulfide) groups is 2. The van der Waals surface area contributed by atoms with E-state index in [-0.39, 0.29) is 0 Å². The summed E-state index contributed by atoms with van der Waals surface area (Å²) in [6, 6.07) is 10.6. The van der Waals surface area contributed by atoms with Crippen LogP contribution in [-0.2, 0) is 11.2 Å². The van der Waals surface area contributed by atoms with Crippen LogP contribution in [0, 0.1) is 0 Å². The molecule has 0 N–H and O–H groups in total. The van der Waals surface area contributed by atoms with Gasteiger partial charge in [0.1, 0.15) is 4.77 Å². The van der Waals surface area contributed by atoms with E-state index in [1.54, 1.807) is 0 Å². The van der Waals surface area contributed by atoms with Gasteiger partial charge in [0.2, 0.25) is 0 Å². The molecule has 0 atom stereocenters. The highest BCUT2D eigenvalue weighted by Crippen LogP contribution is 2.31. The van der Waals surface area contributed by atoms with Gasteiger partial charge in [-0.15, -0.1) is 23.5 Å². The Hall–Kier alpha value is -0.120. The highest BCUT2D eigenvalue weighted by atomic mass is 32.2. The maximum atomic E-state index is 5.83. The van der Waals surface area contributed by atoms with Crippen LogP contribution in [-0.4, -0.2) is 22.9 Å². The zero-order chi connectivity index (χ0) is 11.1. The summed E-state index contributed by atoms with van der Waals surface area (Å²) < 4.78 is 6.22. The van der Waals surface area contributed by atoms with Crippen LogP contribution in [0.1, 0.15) is 18.4 Å². The van der Waals surface area contributed by atoms with Gasteiger partial charge in [-0.05, 0) is 36.3 Å². The molecule has 0 spiro atoms.